The van der Waals surface area contributed by atoms with Crippen molar-refractivity contribution in [2.45, 2.75) is 19.5 Å². The molecule has 5 heteroatoms. The van der Waals surface area contributed by atoms with Crippen molar-refractivity contribution in [2.75, 3.05) is 31.2 Å². The van der Waals surface area contributed by atoms with Crippen molar-refractivity contribution >= 4 is 5.95 Å². The molecule has 2 heterocycles. The van der Waals surface area contributed by atoms with Crippen molar-refractivity contribution in [3.05, 3.63) is 53.9 Å². The van der Waals surface area contributed by atoms with Gasteiger partial charge in [-0.05, 0) is 12.5 Å². The molecule has 1 fully saturated rings. The molecule has 2 aromatic rings. The van der Waals surface area contributed by atoms with Crippen LogP contribution in [0.2, 0.25) is 0 Å². The maximum Gasteiger partial charge on any atom is 0.225 e. The van der Waals surface area contributed by atoms with Gasteiger partial charge in [-0.25, -0.2) is 9.97 Å². The highest BCUT2D eigenvalue weighted by Crippen LogP contribution is 2.13. The van der Waals surface area contributed by atoms with Crippen LogP contribution in [0.1, 0.15) is 24.1 Å². The van der Waals surface area contributed by atoms with E-state index in [-0.39, 0.29) is 0 Å². The zero-order chi connectivity index (χ0) is 15.2. The quantitative estimate of drug-likeness (QED) is 0.917. The molecular weight excluding hydrogens is 276 g/mol. The van der Waals surface area contributed by atoms with Gasteiger partial charge in [0.25, 0.3) is 0 Å². The average Bonchev–Trinajstić information content (AvgIpc) is 2.61. The van der Waals surface area contributed by atoms with Gasteiger partial charge in [-0.1, -0.05) is 30.3 Å². The van der Waals surface area contributed by atoms with Gasteiger partial charge in [0, 0.05) is 43.6 Å². The Kier molecular flexibility index (Phi) is 4.98. The monoisotopic (exact) mass is 298 g/mol. The number of aromatic nitrogens is 2. The minimum absolute atomic E-state index is 0.306. The highest BCUT2D eigenvalue weighted by molar-refractivity contribution is 5.30. The third-order valence-corrected chi connectivity index (χ3v) is 3.90. The molecule has 0 radical (unpaired) electrons. The molecule has 1 aliphatic rings. The number of hydrogen-bond donors (Lipinski definition) is 1. The summed E-state index contributed by atoms with van der Waals surface area (Å²) in [6.45, 7) is 6.16. The van der Waals surface area contributed by atoms with Crippen molar-refractivity contribution < 1.29 is 4.74 Å². The molecule has 1 N–H and O–H groups in total. The Hall–Kier alpha value is -1.98. The molecule has 0 bridgehead atoms. The largest absolute Gasteiger partial charge is 0.378 e. The predicted molar refractivity (Wildman–Crippen MR) is 86.8 cm³/mol. The van der Waals surface area contributed by atoms with Crippen LogP contribution < -0.4 is 10.2 Å². The van der Waals surface area contributed by atoms with Crippen LogP contribution in [0.15, 0.2) is 42.7 Å². The number of nitrogens with one attached hydrogen (secondary N) is 1. The molecule has 0 spiro atoms. The second-order valence-electron chi connectivity index (χ2n) is 5.50. The van der Waals surface area contributed by atoms with E-state index in [4.69, 9.17) is 4.74 Å². The number of hydrogen-bond acceptors (Lipinski definition) is 5. The van der Waals surface area contributed by atoms with Gasteiger partial charge in [-0.2, -0.15) is 0 Å². The predicted octanol–water partition coefficient (Wildman–Crippen LogP) is 2.16. The first-order valence-corrected chi connectivity index (χ1v) is 7.75. The number of morpholine rings is 1. The van der Waals surface area contributed by atoms with Crippen LogP contribution in [-0.2, 0) is 11.3 Å². The van der Waals surface area contributed by atoms with E-state index in [0.29, 0.717) is 6.04 Å². The highest BCUT2D eigenvalue weighted by Gasteiger charge is 2.13. The van der Waals surface area contributed by atoms with Crippen LogP contribution in [0, 0.1) is 0 Å². The number of ether oxygens (including phenoxy) is 1. The topological polar surface area (TPSA) is 50.3 Å². The zero-order valence-corrected chi connectivity index (χ0v) is 12.9. The maximum atomic E-state index is 5.34. The van der Waals surface area contributed by atoms with Gasteiger partial charge in [0.2, 0.25) is 5.95 Å². The Morgan fingerprint density at radius 3 is 2.50 bits per heavy atom. The normalized spacial score (nSPS) is 16.5. The molecule has 1 aromatic carbocycles. The lowest BCUT2D eigenvalue weighted by molar-refractivity contribution is 0.122. The molecular formula is C17H22N4O. The molecule has 1 atom stereocenters. The van der Waals surface area contributed by atoms with Gasteiger partial charge >= 0.3 is 0 Å². The molecule has 22 heavy (non-hydrogen) atoms. The summed E-state index contributed by atoms with van der Waals surface area (Å²) in [6, 6.07) is 10.7. The zero-order valence-electron chi connectivity index (χ0n) is 12.9. The minimum atomic E-state index is 0.306. The van der Waals surface area contributed by atoms with Gasteiger partial charge in [-0.15, -0.1) is 0 Å². The van der Waals surface area contributed by atoms with Gasteiger partial charge < -0.3 is 15.0 Å². The Morgan fingerprint density at radius 1 is 1.14 bits per heavy atom. The van der Waals surface area contributed by atoms with Crippen LogP contribution in [0.25, 0.3) is 0 Å². The fourth-order valence-corrected chi connectivity index (χ4v) is 2.50. The fourth-order valence-electron chi connectivity index (χ4n) is 2.50. The molecule has 3 rings (SSSR count). The van der Waals surface area contributed by atoms with Crippen LogP contribution >= 0.6 is 0 Å². The lowest BCUT2D eigenvalue weighted by Crippen LogP contribution is -2.37. The second kappa shape index (κ2) is 7.33. The lowest BCUT2D eigenvalue weighted by atomic mass is 10.1. The first-order chi connectivity index (χ1) is 10.8. The summed E-state index contributed by atoms with van der Waals surface area (Å²) in [6.07, 6.45) is 3.81. The third-order valence-electron chi connectivity index (χ3n) is 3.90. The van der Waals surface area contributed by atoms with E-state index >= 15 is 0 Å². The molecule has 0 amide bonds. The smallest absolute Gasteiger partial charge is 0.225 e. The Morgan fingerprint density at radius 2 is 1.82 bits per heavy atom. The first kappa shape index (κ1) is 14.9. The second-order valence-corrected chi connectivity index (χ2v) is 5.50. The number of nitrogens with zero attached hydrogens (tertiary/aromatic N) is 3. The Balaban J connectivity index is 1.55. The van der Waals surface area contributed by atoms with E-state index in [1.54, 1.807) is 0 Å². The van der Waals surface area contributed by atoms with Gasteiger partial charge in [0.15, 0.2) is 0 Å². The molecule has 0 saturated carbocycles. The summed E-state index contributed by atoms with van der Waals surface area (Å²) >= 11 is 0. The van der Waals surface area contributed by atoms with Gasteiger partial charge in [0.05, 0.1) is 13.2 Å². The van der Waals surface area contributed by atoms with Gasteiger partial charge in [-0.3, -0.25) is 0 Å². The molecule has 1 aromatic heterocycles. The summed E-state index contributed by atoms with van der Waals surface area (Å²) in [5, 5.41) is 3.50. The summed E-state index contributed by atoms with van der Waals surface area (Å²) in [4.78, 5) is 11.1. The molecule has 5 nitrogen and oxygen atoms in total. The van der Waals surface area contributed by atoms with Crippen molar-refractivity contribution in [1.29, 1.82) is 0 Å². The van der Waals surface area contributed by atoms with Gasteiger partial charge in [0.1, 0.15) is 0 Å². The molecule has 116 valence electrons. The van der Waals surface area contributed by atoms with Crippen molar-refractivity contribution in [3.8, 4) is 0 Å². The minimum Gasteiger partial charge on any atom is -0.378 e. The molecule has 1 unspecified atom stereocenters. The summed E-state index contributed by atoms with van der Waals surface area (Å²) in [7, 11) is 0. The van der Waals surface area contributed by atoms with Crippen molar-refractivity contribution in [1.82, 2.24) is 15.3 Å². The average molecular weight is 298 g/mol. The molecule has 0 aliphatic carbocycles. The van der Waals surface area contributed by atoms with E-state index in [0.717, 1.165) is 44.4 Å². The van der Waals surface area contributed by atoms with Crippen LogP contribution in [0.5, 0.6) is 0 Å². The van der Waals surface area contributed by atoms with E-state index in [1.807, 2.05) is 18.5 Å². The summed E-state index contributed by atoms with van der Waals surface area (Å²) in [5.41, 5.74) is 2.38. The number of rotatable bonds is 5. The number of anilines is 1. The fraction of sp³-hybridized carbons (Fsp3) is 0.412. The van der Waals surface area contributed by atoms with Crippen molar-refractivity contribution in [2.24, 2.45) is 0 Å². The maximum absolute atomic E-state index is 5.34. The van der Waals surface area contributed by atoms with E-state index < -0.39 is 0 Å². The SMILES string of the molecule is CC(NCc1cnc(N2CCOCC2)nc1)c1ccccc1. The molecule has 1 saturated heterocycles. The van der Waals surface area contributed by atoms with Crippen molar-refractivity contribution in [3.63, 3.8) is 0 Å². The Labute approximate surface area is 131 Å². The number of benzene rings is 1. The standard InChI is InChI=1S/C17H22N4O/c1-14(16-5-3-2-4-6-16)18-11-15-12-19-17(20-13-15)21-7-9-22-10-8-21/h2-6,12-14,18H,7-11H2,1H3. The Bertz CT molecular complexity index is 567. The van der Waals surface area contributed by atoms with Crippen LogP contribution in [-0.4, -0.2) is 36.3 Å². The third kappa shape index (κ3) is 3.81. The van der Waals surface area contributed by atoms with E-state index in [2.05, 4.69) is 51.4 Å². The van der Waals surface area contributed by atoms with Crippen LogP contribution in [0.4, 0.5) is 5.95 Å². The summed E-state index contributed by atoms with van der Waals surface area (Å²) < 4.78 is 5.34. The summed E-state index contributed by atoms with van der Waals surface area (Å²) in [5.74, 6) is 0.795. The van der Waals surface area contributed by atoms with Crippen LogP contribution in [0.3, 0.4) is 0 Å². The lowest BCUT2D eigenvalue weighted by Gasteiger charge is -2.26. The molecule has 1 aliphatic heterocycles. The first-order valence-electron chi connectivity index (χ1n) is 7.75. The highest BCUT2D eigenvalue weighted by atomic mass is 16.5. The van der Waals surface area contributed by atoms with E-state index in [9.17, 15) is 0 Å². The van der Waals surface area contributed by atoms with E-state index in [1.165, 1.54) is 5.56 Å².